The van der Waals surface area contributed by atoms with Gasteiger partial charge in [0.1, 0.15) is 0 Å². The molecule has 0 spiro atoms. The van der Waals surface area contributed by atoms with Crippen LogP contribution in [0.5, 0.6) is 0 Å². The molecule has 0 saturated heterocycles. The summed E-state index contributed by atoms with van der Waals surface area (Å²) in [5.74, 6) is 0. The zero-order valence-corrected chi connectivity index (χ0v) is 11.1. The van der Waals surface area contributed by atoms with Gasteiger partial charge in [0.15, 0.2) is 0 Å². The molecule has 2 rings (SSSR count). The van der Waals surface area contributed by atoms with Crippen molar-refractivity contribution >= 4 is 11.3 Å². The van der Waals surface area contributed by atoms with Gasteiger partial charge in [-0.15, -0.1) is 0 Å². The molecule has 2 nitrogen and oxygen atoms in total. The Kier molecular flexibility index (Phi) is 4.53. The summed E-state index contributed by atoms with van der Waals surface area (Å²) in [4.78, 5) is 0. The molecule has 2 N–H and O–H groups in total. The summed E-state index contributed by atoms with van der Waals surface area (Å²) in [6.07, 6.45) is 1.40. The van der Waals surface area contributed by atoms with E-state index in [1.54, 1.807) is 11.3 Å². The van der Waals surface area contributed by atoms with E-state index in [2.05, 4.69) is 11.4 Å². The Morgan fingerprint density at radius 1 is 0.889 bits per heavy atom. The third-order valence-electron chi connectivity index (χ3n) is 3.25. The number of rotatable bonds is 6. The summed E-state index contributed by atoms with van der Waals surface area (Å²) in [5.41, 5.74) is 1.86. The first-order chi connectivity index (χ1) is 8.78. The van der Waals surface area contributed by atoms with E-state index < -0.39 is 5.41 Å². The average Bonchev–Trinajstić information content (AvgIpc) is 2.92. The summed E-state index contributed by atoms with van der Waals surface area (Å²) in [6.45, 7) is -0.0114. The standard InChI is InChI=1S/C15H18O2S/c16-11-15(12-17,9-14-6-7-18-10-14)8-13-4-2-1-3-5-13/h1-7,10,16-17H,8-9,11-12H2. The minimum Gasteiger partial charge on any atom is -0.396 e. The van der Waals surface area contributed by atoms with Gasteiger partial charge in [-0.25, -0.2) is 0 Å². The van der Waals surface area contributed by atoms with E-state index in [9.17, 15) is 10.2 Å². The third kappa shape index (κ3) is 3.19. The van der Waals surface area contributed by atoms with Crippen molar-refractivity contribution in [2.24, 2.45) is 5.41 Å². The molecular formula is C15H18O2S. The number of thiophene rings is 1. The highest BCUT2D eigenvalue weighted by molar-refractivity contribution is 7.07. The van der Waals surface area contributed by atoms with Gasteiger partial charge >= 0.3 is 0 Å². The fourth-order valence-electron chi connectivity index (χ4n) is 2.19. The number of aliphatic hydroxyl groups excluding tert-OH is 2. The van der Waals surface area contributed by atoms with Crippen LogP contribution in [-0.2, 0) is 12.8 Å². The summed E-state index contributed by atoms with van der Waals surface area (Å²) in [6, 6.07) is 12.1. The summed E-state index contributed by atoms with van der Waals surface area (Å²) >= 11 is 1.64. The van der Waals surface area contributed by atoms with Crippen LogP contribution in [0, 0.1) is 5.41 Å². The molecule has 2 aromatic rings. The molecule has 0 aliphatic carbocycles. The lowest BCUT2D eigenvalue weighted by molar-refractivity contribution is 0.0548. The Balaban J connectivity index is 2.16. The molecule has 0 atom stereocenters. The van der Waals surface area contributed by atoms with Gasteiger partial charge in [0.25, 0.3) is 0 Å². The molecule has 0 unspecified atom stereocenters. The maximum atomic E-state index is 9.68. The molecule has 18 heavy (non-hydrogen) atoms. The molecule has 0 amide bonds. The van der Waals surface area contributed by atoms with Gasteiger partial charge in [0.05, 0.1) is 13.2 Å². The van der Waals surface area contributed by atoms with Gasteiger partial charge < -0.3 is 10.2 Å². The largest absolute Gasteiger partial charge is 0.396 e. The zero-order valence-electron chi connectivity index (χ0n) is 10.2. The van der Waals surface area contributed by atoms with Gasteiger partial charge in [-0.1, -0.05) is 30.3 Å². The molecule has 0 saturated carbocycles. The van der Waals surface area contributed by atoms with E-state index in [4.69, 9.17) is 0 Å². The minimum atomic E-state index is -0.470. The van der Waals surface area contributed by atoms with Crippen LogP contribution in [-0.4, -0.2) is 23.4 Å². The second-order valence-corrected chi connectivity index (χ2v) is 5.57. The SMILES string of the molecule is OCC(CO)(Cc1ccccc1)Cc1ccsc1. The van der Waals surface area contributed by atoms with E-state index in [-0.39, 0.29) is 13.2 Å². The highest BCUT2D eigenvalue weighted by Crippen LogP contribution is 2.28. The van der Waals surface area contributed by atoms with Crippen LogP contribution in [0.15, 0.2) is 47.2 Å². The van der Waals surface area contributed by atoms with Crippen LogP contribution in [0.3, 0.4) is 0 Å². The molecule has 96 valence electrons. The molecule has 3 heteroatoms. The quantitative estimate of drug-likeness (QED) is 0.839. The van der Waals surface area contributed by atoms with Crippen molar-refractivity contribution in [2.75, 3.05) is 13.2 Å². The maximum absolute atomic E-state index is 9.68. The molecule has 1 heterocycles. The predicted octanol–water partition coefficient (Wildman–Crippen LogP) is 2.50. The Morgan fingerprint density at radius 3 is 2.11 bits per heavy atom. The number of aliphatic hydroxyl groups is 2. The van der Waals surface area contributed by atoms with Crippen LogP contribution in [0.1, 0.15) is 11.1 Å². The van der Waals surface area contributed by atoms with Gasteiger partial charge in [-0.05, 0) is 40.8 Å². The highest BCUT2D eigenvalue weighted by atomic mass is 32.1. The van der Waals surface area contributed by atoms with Crippen LogP contribution >= 0.6 is 11.3 Å². The monoisotopic (exact) mass is 262 g/mol. The number of hydrogen-bond acceptors (Lipinski definition) is 3. The van der Waals surface area contributed by atoms with Crippen LogP contribution in [0.4, 0.5) is 0 Å². The maximum Gasteiger partial charge on any atom is 0.0515 e. The molecule has 0 fully saturated rings. The lowest BCUT2D eigenvalue weighted by atomic mass is 9.78. The van der Waals surface area contributed by atoms with E-state index >= 15 is 0 Å². The van der Waals surface area contributed by atoms with Crippen LogP contribution in [0.25, 0.3) is 0 Å². The van der Waals surface area contributed by atoms with Crippen LogP contribution < -0.4 is 0 Å². The van der Waals surface area contributed by atoms with Crippen molar-refractivity contribution in [2.45, 2.75) is 12.8 Å². The molecular weight excluding hydrogens is 244 g/mol. The topological polar surface area (TPSA) is 40.5 Å². The summed E-state index contributed by atoms with van der Waals surface area (Å²) in [7, 11) is 0. The zero-order chi connectivity index (χ0) is 12.8. The fraction of sp³-hybridized carbons (Fsp3) is 0.333. The molecule has 1 aromatic heterocycles. The predicted molar refractivity (Wildman–Crippen MR) is 74.8 cm³/mol. The molecule has 0 aliphatic heterocycles. The highest BCUT2D eigenvalue weighted by Gasteiger charge is 2.29. The van der Waals surface area contributed by atoms with E-state index in [0.717, 1.165) is 5.56 Å². The molecule has 0 bridgehead atoms. The summed E-state index contributed by atoms with van der Waals surface area (Å²) in [5, 5.41) is 23.5. The third-order valence-corrected chi connectivity index (χ3v) is 3.98. The first-order valence-electron chi connectivity index (χ1n) is 6.05. The average molecular weight is 262 g/mol. The van der Waals surface area contributed by atoms with E-state index in [0.29, 0.717) is 12.8 Å². The fourth-order valence-corrected chi connectivity index (χ4v) is 2.86. The van der Waals surface area contributed by atoms with Crippen molar-refractivity contribution in [3.05, 3.63) is 58.3 Å². The van der Waals surface area contributed by atoms with Crippen molar-refractivity contribution in [1.82, 2.24) is 0 Å². The molecule has 0 radical (unpaired) electrons. The summed E-state index contributed by atoms with van der Waals surface area (Å²) < 4.78 is 0. The first kappa shape index (κ1) is 13.3. The van der Waals surface area contributed by atoms with Crippen molar-refractivity contribution in [1.29, 1.82) is 0 Å². The van der Waals surface area contributed by atoms with Crippen molar-refractivity contribution < 1.29 is 10.2 Å². The van der Waals surface area contributed by atoms with Gasteiger partial charge in [-0.3, -0.25) is 0 Å². The van der Waals surface area contributed by atoms with Gasteiger partial charge in [-0.2, -0.15) is 11.3 Å². The smallest absolute Gasteiger partial charge is 0.0515 e. The molecule has 0 aliphatic rings. The Hall–Kier alpha value is -1.16. The first-order valence-corrected chi connectivity index (χ1v) is 6.99. The second-order valence-electron chi connectivity index (χ2n) is 4.79. The lowest BCUT2D eigenvalue weighted by Crippen LogP contribution is -2.34. The Bertz CT molecular complexity index is 447. The Morgan fingerprint density at radius 2 is 1.56 bits per heavy atom. The van der Waals surface area contributed by atoms with E-state index in [1.807, 2.05) is 35.7 Å². The minimum absolute atomic E-state index is 0.00571. The second kappa shape index (κ2) is 6.14. The van der Waals surface area contributed by atoms with Crippen molar-refractivity contribution in [3.63, 3.8) is 0 Å². The molecule has 1 aromatic carbocycles. The Labute approximate surface area is 112 Å². The van der Waals surface area contributed by atoms with Crippen molar-refractivity contribution in [3.8, 4) is 0 Å². The normalized spacial score (nSPS) is 11.7. The van der Waals surface area contributed by atoms with Crippen LogP contribution in [0.2, 0.25) is 0 Å². The van der Waals surface area contributed by atoms with Gasteiger partial charge in [0.2, 0.25) is 0 Å². The van der Waals surface area contributed by atoms with Gasteiger partial charge in [0, 0.05) is 5.41 Å². The number of benzene rings is 1. The van der Waals surface area contributed by atoms with E-state index in [1.165, 1.54) is 5.56 Å². The number of hydrogen-bond donors (Lipinski definition) is 2. The lowest BCUT2D eigenvalue weighted by Gasteiger charge is -2.29.